The molecule has 0 bridgehead atoms. The molecule has 2 aromatic carbocycles. The van der Waals surface area contributed by atoms with E-state index < -0.39 is 5.82 Å². The predicted octanol–water partition coefficient (Wildman–Crippen LogP) is 3.32. The topological polar surface area (TPSA) is 55.1 Å². The highest BCUT2D eigenvalue weighted by Gasteiger charge is 2.11. The van der Waals surface area contributed by atoms with E-state index in [-0.39, 0.29) is 10.9 Å². The van der Waals surface area contributed by atoms with Crippen molar-refractivity contribution in [1.82, 2.24) is 0 Å². The first-order chi connectivity index (χ1) is 9.47. The molecular weight excluding hydrogens is 390 g/mol. The van der Waals surface area contributed by atoms with Crippen LogP contribution in [0.5, 0.6) is 0 Å². The number of hydrogen-bond donors (Lipinski definition) is 2. The summed E-state index contributed by atoms with van der Waals surface area (Å²) in [5.41, 5.74) is 6.73. The van der Waals surface area contributed by atoms with Gasteiger partial charge in [-0.2, -0.15) is 0 Å². The summed E-state index contributed by atoms with van der Waals surface area (Å²) < 4.78 is 14.2. The van der Waals surface area contributed by atoms with Gasteiger partial charge in [-0.05, 0) is 65.1 Å². The number of benzene rings is 2. The fourth-order valence-corrected chi connectivity index (χ4v) is 2.15. The molecule has 0 unspecified atom stereocenters. The summed E-state index contributed by atoms with van der Waals surface area (Å²) in [6, 6.07) is 11.0. The van der Waals surface area contributed by atoms with Crippen LogP contribution < -0.4 is 11.1 Å². The molecule has 2 rings (SSSR count). The maximum atomic E-state index is 13.2. The molecule has 0 aliphatic carbocycles. The minimum absolute atomic E-state index is 0.0300. The fraction of sp³-hybridized carbons (Fsp3) is 0. The summed E-state index contributed by atoms with van der Waals surface area (Å²) in [7, 11) is 0. The summed E-state index contributed by atoms with van der Waals surface area (Å²) in [5.74, 6) is -0.759. The Morgan fingerprint density at radius 1 is 1.20 bits per heavy atom. The number of carbonyl (C=O) groups excluding carboxylic acids is 1. The van der Waals surface area contributed by atoms with Gasteiger partial charge in [-0.15, -0.1) is 0 Å². The minimum atomic E-state index is -0.458. The van der Waals surface area contributed by atoms with Crippen molar-refractivity contribution in [2.75, 3.05) is 5.32 Å². The molecule has 1 amide bonds. The van der Waals surface area contributed by atoms with Crippen LogP contribution in [0.15, 0.2) is 42.5 Å². The van der Waals surface area contributed by atoms with Crippen molar-refractivity contribution < 1.29 is 9.18 Å². The largest absolute Gasteiger partial charge is 0.389 e. The van der Waals surface area contributed by atoms with Gasteiger partial charge in [-0.1, -0.05) is 12.2 Å². The summed E-state index contributed by atoms with van der Waals surface area (Å²) in [5, 5.41) is 2.68. The maximum Gasteiger partial charge on any atom is 0.255 e. The van der Waals surface area contributed by atoms with Gasteiger partial charge in [0, 0.05) is 14.7 Å². The third-order valence-electron chi connectivity index (χ3n) is 2.60. The van der Waals surface area contributed by atoms with E-state index in [0.29, 0.717) is 16.8 Å². The average Bonchev–Trinajstić information content (AvgIpc) is 2.41. The molecule has 20 heavy (non-hydrogen) atoms. The van der Waals surface area contributed by atoms with E-state index >= 15 is 0 Å². The molecule has 0 aliphatic heterocycles. The van der Waals surface area contributed by atoms with Crippen LogP contribution in [0.25, 0.3) is 0 Å². The Bertz CT molecular complexity index is 673. The Morgan fingerprint density at radius 3 is 2.45 bits per heavy atom. The van der Waals surface area contributed by atoms with E-state index in [1.165, 1.54) is 18.2 Å². The van der Waals surface area contributed by atoms with Crippen molar-refractivity contribution in [3.63, 3.8) is 0 Å². The molecule has 0 atom stereocenters. The molecule has 0 aromatic heterocycles. The van der Waals surface area contributed by atoms with Crippen LogP contribution in [-0.2, 0) is 0 Å². The standard InChI is InChI=1S/C14H10FIN2OS/c15-9-3-6-12(11(7-9)13(17)20)18-14(19)8-1-4-10(16)5-2-8/h1-7H,(H2,17,20)(H,18,19). The minimum Gasteiger partial charge on any atom is -0.389 e. The Hall–Kier alpha value is -1.54. The van der Waals surface area contributed by atoms with Crippen LogP contribution in [0.3, 0.4) is 0 Å². The number of halogens is 2. The van der Waals surface area contributed by atoms with E-state index in [1.807, 2.05) is 12.1 Å². The van der Waals surface area contributed by atoms with E-state index in [2.05, 4.69) is 27.9 Å². The van der Waals surface area contributed by atoms with Crippen molar-refractivity contribution >= 4 is 51.4 Å². The lowest BCUT2D eigenvalue weighted by Crippen LogP contribution is -2.17. The van der Waals surface area contributed by atoms with Crippen LogP contribution in [-0.4, -0.2) is 10.9 Å². The Morgan fingerprint density at radius 2 is 1.85 bits per heavy atom. The maximum absolute atomic E-state index is 13.2. The summed E-state index contributed by atoms with van der Waals surface area (Å²) in [4.78, 5) is 12.1. The molecule has 2 aromatic rings. The van der Waals surface area contributed by atoms with Crippen LogP contribution in [0.1, 0.15) is 15.9 Å². The first-order valence-corrected chi connectivity index (χ1v) is 7.12. The van der Waals surface area contributed by atoms with Crippen molar-refractivity contribution in [1.29, 1.82) is 0 Å². The smallest absolute Gasteiger partial charge is 0.255 e. The second-order valence-electron chi connectivity index (χ2n) is 4.02. The van der Waals surface area contributed by atoms with E-state index in [9.17, 15) is 9.18 Å². The first-order valence-electron chi connectivity index (χ1n) is 5.63. The SMILES string of the molecule is NC(=S)c1cc(F)ccc1NC(=O)c1ccc(I)cc1. The lowest BCUT2D eigenvalue weighted by Gasteiger charge is -2.10. The van der Waals surface area contributed by atoms with E-state index in [4.69, 9.17) is 18.0 Å². The van der Waals surface area contributed by atoms with Crippen molar-refractivity contribution in [2.24, 2.45) is 5.73 Å². The van der Waals surface area contributed by atoms with Crippen LogP contribution in [0.4, 0.5) is 10.1 Å². The summed E-state index contributed by atoms with van der Waals surface area (Å²) in [6.07, 6.45) is 0. The first kappa shape index (κ1) is 14.9. The highest BCUT2D eigenvalue weighted by atomic mass is 127. The lowest BCUT2D eigenvalue weighted by atomic mass is 10.1. The monoisotopic (exact) mass is 400 g/mol. The molecule has 0 heterocycles. The highest BCUT2D eigenvalue weighted by Crippen LogP contribution is 2.18. The highest BCUT2D eigenvalue weighted by molar-refractivity contribution is 14.1. The molecule has 0 saturated carbocycles. The fourth-order valence-electron chi connectivity index (χ4n) is 1.63. The number of nitrogens with two attached hydrogens (primary N) is 1. The van der Waals surface area contributed by atoms with Crippen molar-refractivity contribution in [3.8, 4) is 0 Å². The Labute approximate surface area is 134 Å². The average molecular weight is 400 g/mol. The molecular formula is C14H10FIN2OS. The molecule has 3 N–H and O–H groups in total. The molecule has 102 valence electrons. The number of rotatable bonds is 3. The zero-order valence-electron chi connectivity index (χ0n) is 10.2. The third-order valence-corrected chi connectivity index (χ3v) is 3.54. The van der Waals surface area contributed by atoms with E-state index in [1.54, 1.807) is 12.1 Å². The number of amides is 1. The quantitative estimate of drug-likeness (QED) is 0.614. The molecule has 6 heteroatoms. The number of thiocarbonyl (C=S) groups is 1. The third kappa shape index (κ3) is 3.51. The van der Waals surface area contributed by atoms with Crippen LogP contribution in [0.2, 0.25) is 0 Å². The van der Waals surface area contributed by atoms with Crippen molar-refractivity contribution in [3.05, 3.63) is 63.0 Å². The molecule has 0 saturated heterocycles. The van der Waals surface area contributed by atoms with Crippen LogP contribution >= 0.6 is 34.8 Å². The molecule has 3 nitrogen and oxygen atoms in total. The van der Waals surface area contributed by atoms with Crippen molar-refractivity contribution in [2.45, 2.75) is 0 Å². The number of nitrogens with one attached hydrogen (secondary N) is 1. The number of anilines is 1. The second kappa shape index (κ2) is 6.27. The van der Waals surface area contributed by atoms with E-state index in [0.717, 1.165) is 3.57 Å². The van der Waals surface area contributed by atoms with Gasteiger partial charge >= 0.3 is 0 Å². The Balaban J connectivity index is 2.28. The van der Waals surface area contributed by atoms with Gasteiger partial charge in [-0.25, -0.2) is 4.39 Å². The van der Waals surface area contributed by atoms with Crippen LogP contribution in [0, 0.1) is 9.39 Å². The van der Waals surface area contributed by atoms with Gasteiger partial charge < -0.3 is 11.1 Å². The van der Waals surface area contributed by atoms with Gasteiger partial charge in [0.25, 0.3) is 5.91 Å². The van der Waals surface area contributed by atoms with Gasteiger partial charge in [0.1, 0.15) is 10.8 Å². The van der Waals surface area contributed by atoms with Gasteiger partial charge in [0.05, 0.1) is 5.69 Å². The summed E-state index contributed by atoms with van der Waals surface area (Å²) >= 11 is 7.01. The summed E-state index contributed by atoms with van der Waals surface area (Å²) in [6.45, 7) is 0. The van der Waals surface area contributed by atoms with Gasteiger partial charge in [0.15, 0.2) is 0 Å². The molecule has 0 aliphatic rings. The molecule has 0 radical (unpaired) electrons. The molecule has 0 fully saturated rings. The van der Waals surface area contributed by atoms with Gasteiger partial charge in [0.2, 0.25) is 0 Å². The molecule has 0 spiro atoms. The Kier molecular flexibility index (Phi) is 4.66. The normalized spacial score (nSPS) is 10.1. The predicted molar refractivity (Wildman–Crippen MR) is 89.4 cm³/mol. The number of hydrogen-bond acceptors (Lipinski definition) is 2. The lowest BCUT2D eigenvalue weighted by molar-refractivity contribution is 0.102. The zero-order chi connectivity index (χ0) is 14.7. The second-order valence-corrected chi connectivity index (χ2v) is 5.70. The zero-order valence-corrected chi connectivity index (χ0v) is 13.2. The number of carbonyl (C=O) groups is 1. The van der Waals surface area contributed by atoms with Gasteiger partial charge in [-0.3, -0.25) is 4.79 Å².